The number of benzene rings is 2. The molecule has 0 aliphatic heterocycles. The number of carbonyl (C=O) groups excluding carboxylic acids is 3. The van der Waals surface area contributed by atoms with Crippen LogP contribution in [-0.4, -0.2) is 83.2 Å². The first kappa shape index (κ1) is 39.5. The van der Waals surface area contributed by atoms with Gasteiger partial charge in [0.05, 0.1) is 6.04 Å². The monoisotopic (exact) mass is 668 g/mol. The molecule has 0 aromatic heterocycles. The maximum absolute atomic E-state index is 13.8. The summed E-state index contributed by atoms with van der Waals surface area (Å²) in [6.07, 6.45) is 2.71. The van der Waals surface area contributed by atoms with Gasteiger partial charge in [0.1, 0.15) is 23.9 Å². The lowest BCUT2D eigenvalue weighted by molar-refractivity contribution is -0.142. The number of aliphatic imine (C=N–C) groups is 1. The van der Waals surface area contributed by atoms with Gasteiger partial charge in [0.15, 0.2) is 5.96 Å². The van der Waals surface area contributed by atoms with Crippen LogP contribution in [0.3, 0.4) is 0 Å². The van der Waals surface area contributed by atoms with Crippen molar-refractivity contribution in [1.82, 2.24) is 21.3 Å². The molecule has 2 aromatic rings. The van der Waals surface area contributed by atoms with Crippen LogP contribution < -0.4 is 38.5 Å². The first-order chi connectivity index (χ1) is 22.8. The SMILES string of the molecule is CC(C)NCCCC[C@H](NC(=O)[C@H](CCc1ccc(O)cc1)NC(=O)[C@@H](N)Cc1ccccc1)C(=O)N[C@H](CCCN=C(N)N)C(=O)O. The molecule has 0 aliphatic rings. The fourth-order valence-electron chi connectivity index (χ4n) is 4.92. The Morgan fingerprint density at radius 3 is 1.94 bits per heavy atom. The van der Waals surface area contributed by atoms with Gasteiger partial charge in [0.25, 0.3) is 0 Å². The average Bonchev–Trinajstić information content (AvgIpc) is 3.04. The molecule has 0 radical (unpaired) electrons. The molecular formula is C34H52N8O6. The van der Waals surface area contributed by atoms with Gasteiger partial charge in [-0.15, -0.1) is 0 Å². The average molecular weight is 669 g/mol. The van der Waals surface area contributed by atoms with Crippen LogP contribution in [0.15, 0.2) is 59.6 Å². The van der Waals surface area contributed by atoms with Crippen molar-refractivity contribution in [3.05, 3.63) is 65.7 Å². The number of aromatic hydroxyl groups is 1. The molecule has 0 bridgehead atoms. The molecule has 0 fully saturated rings. The smallest absolute Gasteiger partial charge is 0.326 e. The van der Waals surface area contributed by atoms with E-state index in [-0.39, 0.29) is 50.0 Å². The van der Waals surface area contributed by atoms with Gasteiger partial charge in [-0.2, -0.15) is 0 Å². The predicted molar refractivity (Wildman–Crippen MR) is 185 cm³/mol. The lowest BCUT2D eigenvalue weighted by Gasteiger charge is -2.25. The number of nitrogens with zero attached hydrogens (tertiary/aromatic N) is 1. The second kappa shape index (κ2) is 21.2. The molecule has 264 valence electrons. The number of carbonyl (C=O) groups is 4. The van der Waals surface area contributed by atoms with Crippen LogP contribution in [0, 0.1) is 0 Å². The number of carboxylic acids is 1. The van der Waals surface area contributed by atoms with E-state index >= 15 is 0 Å². The number of aliphatic carboxylic acids is 1. The van der Waals surface area contributed by atoms with Gasteiger partial charge in [-0.1, -0.05) is 56.3 Å². The maximum atomic E-state index is 13.8. The van der Waals surface area contributed by atoms with Crippen molar-refractivity contribution < 1.29 is 29.4 Å². The van der Waals surface area contributed by atoms with E-state index in [4.69, 9.17) is 17.2 Å². The number of nitrogens with one attached hydrogen (secondary N) is 4. The molecule has 12 N–H and O–H groups in total. The second-order valence-corrected chi connectivity index (χ2v) is 12.1. The summed E-state index contributed by atoms with van der Waals surface area (Å²) < 4.78 is 0. The number of aryl methyl sites for hydroxylation is 1. The standard InChI is InChI=1S/C34H52N8O6/c1-22(2)38-19-7-6-11-27(31(45)42-29(33(47)48)12-8-20-39-34(36)37)41-32(46)28(18-15-23-13-16-25(43)17-14-23)40-30(44)26(35)21-24-9-4-3-5-10-24/h3-5,9-10,13-14,16-17,22,26-29,38,43H,6-8,11-12,15,18-21,35H2,1-2H3,(H,40,44)(H,41,46)(H,42,45)(H,47,48)(H4,36,37,39)/t26-,27-,28-,29+/m0/s1. The maximum Gasteiger partial charge on any atom is 0.326 e. The number of guanidine groups is 1. The van der Waals surface area contributed by atoms with E-state index < -0.39 is 47.9 Å². The highest BCUT2D eigenvalue weighted by atomic mass is 16.4. The Bertz CT molecular complexity index is 1320. The van der Waals surface area contributed by atoms with Crippen LogP contribution >= 0.6 is 0 Å². The molecule has 0 aliphatic carbocycles. The predicted octanol–water partition coefficient (Wildman–Crippen LogP) is 0.656. The first-order valence-corrected chi connectivity index (χ1v) is 16.4. The summed E-state index contributed by atoms with van der Waals surface area (Å²) in [4.78, 5) is 56.3. The molecule has 4 atom stereocenters. The molecule has 0 heterocycles. The topological polar surface area (TPSA) is 247 Å². The van der Waals surface area contributed by atoms with E-state index in [9.17, 15) is 29.4 Å². The number of hydrogen-bond donors (Lipinski definition) is 9. The molecule has 14 nitrogen and oxygen atoms in total. The highest BCUT2D eigenvalue weighted by molar-refractivity contribution is 5.94. The van der Waals surface area contributed by atoms with E-state index in [1.807, 2.05) is 44.2 Å². The molecule has 0 unspecified atom stereocenters. The van der Waals surface area contributed by atoms with Gasteiger partial charge >= 0.3 is 5.97 Å². The lowest BCUT2D eigenvalue weighted by Crippen LogP contribution is -2.57. The van der Waals surface area contributed by atoms with Gasteiger partial charge in [0.2, 0.25) is 17.7 Å². The fraction of sp³-hybridized carbons (Fsp3) is 0.500. The van der Waals surface area contributed by atoms with Gasteiger partial charge in [0, 0.05) is 12.6 Å². The summed E-state index contributed by atoms with van der Waals surface area (Å²) in [7, 11) is 0. The molecule has 0 spiro atoms. The van der Waals surface area contributed by atoms with Gasteiger partial charge < -0.3 is 48.7 Å². The number of hydrogen-bond acceptors (Lipinski definition) is 8. The van der Waals surface area contributed by atoms with E-state index in [1.54, 1.807) is 12.1 Å². The minimum absolute atomic E-state index is 0.0709. The summed E-state index contributed by atoms with van der Waals surface area (Å²) in [6, 6.07) is 11.8. The minimum atomic E-state index is -1.23. The zero-order valence-corrected chi connectivity index (χ0v) is 27.9. The molecule has 2 aromatic carbocycles. The summed E-state index contributed by atoms with van der Waals surface area (Å²) >= 11 is 0. The Morgan fingerprint density at radius 1 is 0.750 bits per heavy atom. The van der Waals surface area contributed by atoms with Crippen molar-refractivity contribution in [1.29, 1.82) is 0 Å². The fourth-order valence-corrected chi connectivity index (χ4v) is 4.92. The Kier molecular flexibility index (Phi) is 17.5. The molecular weight excluding hydrogens is 616 g/mol. The van der Waals surface area contributed by atoms with Crippen molar-refractivity contribution in [3.63, 3.8) is 0 Å². The zero-order chi connectivity index (χ0) is 35.5. The highest BCUT2D eigenvalue weighted by Gasteiger charge is 2.30. The quantitative estimate of drug-likeness (QED) is 0.0482. The largest absolute Gasteiger partial charge is 0.508 e. The molecule has 2 rings (SSSR count). The number of carboxylic acid groups (broad SMARTS) is 1. The van der Waals surface area contributed by atoms with Gasteiger partial charge in [-0.05, 0) is 81.2 Å². The third-order valence-electron chi connectivity index (χ3n) is 7.59. The number of phenolic OH excluding ortho intramolecular Hbond substituents is 1. The summed E-state index contributed by atoms with van der Waals surface area (Å²) in [5.41, 5.74) is 18.6. The normalized spacial score (nSPS) is 13.5. The van der Waals surface area contributed by atoms with Crippen LogP contribution in [0.4, 0.5) is 0 Å². The Balaban J connectivity index is 2.22. The molecule has 48 heavy (non-hydrogen) atoms. The number of nitrogens with two attached hydrogens (primary N) is 3. The number of amides is 3. The van der Waals surface area contributed by atoms with E-state index in [0.29, 0.717) is 32.2 Å². The number of unbranched alkanes of at least 4 members (excludes halogenated alkanes) is 1. The van der Waals surface area contributed by atoms with Crippen LogP contribution in [0.1, 0.15) is 63.5 Å². The second-order valence-electron chi connectivity index (χ2n) is 12.1. The van der Waals surface area contributed by atoms with Crippen molar-refractivity contribution in [2.45, 2.75) is 95.4 Å². The van der Waals surface area contributed by atoms with Crippen LogP contribution in [0.2, 0.25) is 0 Å². The lowest BCUT2D eigenvalue weighted by atomic mass is 10.0. The van der Waals surface area contributed by atoms with Gasteiger partial charge in [-0.25, -0.2) is 4.79 Å². The van der Waals surface area contributed by atoms with Crippen LogP contribution in [-0.2, 0) is 32.0 Å². The van der Waals surface area contributed by atoms with Crippen molar-refractivity contribution in [2.24, 2.45) is 22.2 Å². The Morgan fingerprint density at radius 2 is 1.33 bits per heavy atom. The summed E-state index contributed by atoms with van der Waals surface area (Å²) in [5, 5.41) is 30.8. The first-order valence-electron chi connectivity index (χ1n) is 16.4. The van der Waals surface area contributed by atoms with Crippen molar-refractivity contribution >= 4 is 29.7 Å². The zero-order valence-electron chi connectivity index (χ0n) is 27.9. The Labute approximate surface area is 282 Å². The third-order valence-corrected chi connectivity index (χ3v) is 7.59. The third kappa shape index (κ3) is 15.7. The molecule has 0 saturated heterocycles. The summed E-state index contributed by atoms with van der Waals surface area (Å²) in [6.45, 7) is 4.94. The number of rotatable bonds is 22. The number of phenols is 1. The van der Waals surface area contributed by atoms with E-state index in [1.165, 1.54) is 12.1 Å². The van der Waals surface area contributed by atoms with Crippen molar-refractivity contribution in [3.8, 4) is 5.75 Å². The van der Waals surface area contributed by atoms with Crippen LogP contribution in [0.5, 0.6) is 5.75 Å². The van der Waals surface area contributed by atoms with E-state index in [2.05, 4.69) is 26.3 Å². The summed E-state index contributed by atoms with van der Waals surface area (Å²) in [5.74, 6) is -3.04. The highest BCUT2D eigenvalue weighted by Crippen LogP contribution is 2.13. The minimum Gasteiger partial charge on any atom is -0.508 e. The molecule has 0 saturated carbocycles. The molecule has 14 heteroatoms. The van der Waals surface area contributed by atoms with Crippen LogP contribution in [0.25, 0.3) is 0 Å². The van der Waals surface area contributed by atoms with E-state index in [0.717, 1.165) is 11.1 Å². The van der Waals surface area contributed by atoms with Gasteiger partial charge in [-0.3, -0.25) is 19.4 Å². The van der Waals surface area contributed by atoms with Crippen molar-refractivity contribution in [2.75, 3.05) is 13.1 Å². The molecule has 3 amide bonds. The Hall–Kier alpha value is -4.69.